The second-order valence-electron chi connectivity index (χ2n) is 16.6. The number of carbonyl (C=O) groups excluding carboxylic acids is 3. The molecule has 0 aromatic carbocycles. The first-order chi connectivity index (χ1) is 33.2. The van der Waals surface area contributed by atoms with Gasteiger partial charge in [0.25, 0.3) is 0 Å². The Bertz CT molecular complexity index is 1550. The van der Waals surface area contributed by atoms with E-state index >= 15 is 0 Å². The third kappa shape index (κ3) is 47.2. The van der Waals surface area contributed by atoms with Crippen LogP contribution >= 0.6 is 7.82 Å². The molecule has 0 aliphatic rings. The Morgan fingerprint density at radius 2 is 0.779 bits per heavy atom. The average molecular weight is 971 g/mol. The summed E-state index contributed by atoms with van der Waals surface area (Å²) in [5.41, 5.74) is 0. The van der Waals surface area contributed by atoms with E-state index in [0.717, 1.165) is 89.9 Å². The molecule has 0 aliphatic carbocycles. The van der Waals surface area contributed by atoms with Crippen LogP contribution in [0.2, 0.25) is 0 Å². The van der Waals surface area contributed by atoms with Crippen LogP contribution in [0.25, 0.3) is 0 Å². The molecular formula is C56H91O11P. The van der Waals surface area contributed by atoms with Crippen molar-refractivity contribution in [2.24, 2.45) is 0 Å². The molecule has 3 atom stereocenters. The summed E-state index contributed by atoms with van der Waals surface area (Å²) >= 11 is 0. The first kappa shape index (κ1) is 64.1. The van der Waals surface area contributed by atoms with Crippen LogP contribution in [-0.2, 0) is 42.2 Å². The van der Waals surface area contributed by atoms with E-state index in [1.807, 2.05) is 6.08 Å². The second kappa shape index (κ2) is 49.6. The number of rotatable bonds is 46. The molecule has 0 bridgehead atoms. The van der Waals surface area contributed by atoms with Gasteiger partial charge in [-0.3, -0.25) is 23.4 Å². The van der Waals surface area contributed by atoms with Crippen molar-refractivity contribution in [3.05, 3.63) is 109 Å². The molecule has 0 rings (SSSR count). The normalized spacial score (nSPS) is 14.4. The van der Waals surface area contributed by atoms with Gasteiger partial charge in [-0.15, -0.1) is 0 Å². The third-order valence-electron chi connectivity index (χ3n) is 10.2. The Balaban J connectivity index is 4.92. The second-order valence-corrected chi connectivity index (χ2v) is 18.0. The quantitative estimate of drug-likeness (QED) is 0.0197. The fourth-order valence-electron chi connectivity index (χ4n) is 6.32. The zero-order valence-corrected chi connectivity index (χ0v) is 43.2. The molecule has 3 unspecified atom stereocenters. The highest BCUT2D eigenvalue weighted by Gasteiger charge is 2.28. The number of aliphatic hydroxyl groups excluding tert-OH is 1. The number of esters is 3. The fourth-order valence-corrected chi connectivity index (χ4v) is 7.11. The molecule has 2 N–H and O–H groups in total. The largest absolute Gasteiger partial charge is 0.472 e. The van der Waals surface area contributed by atoms with Crippen LogP contribution in [0.4, 0.5) is 0 Å². The van der Waals surface area contributed by atoms with E-state index in [1.165, 1.54) is 32.1 Å². The summed E-state index contributed by atoms with van der Waals surface area (Å²) in [5, 5.41) is 9.74. The van der Waals surface area contributed by atoms with E-state index in [2.05, 4.69) is 124 Å². The number of unbranched alkanes of at least 4 members (excludes halogenated alkanes) is 11. The lowest BCUT2D eigenvalue weighted by atomic mass is 10.1. The van der Waals surface area contributed by atoms with Crippen LogP contribution in [0.1, 0.15) is 188 Å². The molecule has 386 valence electrons. The lowest BCUT2D eigenvalue weighted by Gasteiger charge is -2.21. The zero-order chi connectivity index (χ0) is 49.9. The van der Waals surface area contributed by atoms with Gasteiger partial charge in [0.1, 0.15) is 12.7 Å². The van der Waals surface area contributed by atoms with E-state index in [-0.39, 0.29) is 25.9 Å². The van der Waals surface area contributed by atoms with Crippen LogP contribution in [0.15, 0.2) is 109 Å². The van der Waals surface area contributed by atoms with Crippen LogP contribution in [0.3, 0.4) is 0 Å². The number of phosphoric acid groups is 1. The molecule has 12 heteroatoms. The minimum Gasteiger partial charge on any atom is -0.462 e. The van der Waals surface area contributed by atoms with Crippen molar-refractivity contribution in [2.75, 3.05) is 26.4 Å². The Morgan fingerprint density at radius 1 is 0.426 bits per heavy atom. The van der Waals surface area contributed by atoms with Gasteiger partial charge in [0.15, 0.2) is 6.10 Å². The Labute approximate surface area is 412 Å². The van der Waals surface area contributed by atoms with Gasteiger partial charge >= 0.3 is 25.7 Å². The minimum absolute atomic E-state index is 0.0983. The third-order valence-corrected chi connectivity index (χ3v) is 11.1. The van der Waals surface area contributed by atoms with Gasteiger partial charge in [-0.2, -0.15) is 0 Å². The molecule has 0 aromatic heterocycles. The van der Waals surface area contributed by atoms with Crippen LogP contribution in [-0.4, -0.2) is 66.5 Å². The summed E-state index contributed by atoms with van der Waals surface area (Å²) in [7, 11) is -4.77. The fraction of sp³-hybridized carbons (Fsp3) is 0.625. The van der Waals surface area contributed by atoms with E-state index in [4.69, 9.17) is 23.3 Å². The van der Waals surface area contributed by atoms with E-state index < -0.39 is 57.8 Å². The summed E-state index contributed by atoms with van der Waals surface area (Å²) in [6.45, 7) is 4.24. The molecule has 0 aliphatic heterocycles. The summed E-state index contributed by atoms with van der Waals surface area (Å²) in [6.07, 6.45) is 57.9. The molecule has 0 aromatic rings. The topological polar surface area (TPSA) is 155 Å². The molecule has 0 fully saturated rings. The lowest BCUT2D eigenvalue weighted by Crippen LogP contribution is -2.30. The van der Waals surface area contributed by atoms with Crippen molar-refractivity contribution in [3.63, 3.8) is 0 Å². The number of carbonyl (C=O) groups is 3. The number of allylic oxidation sites excluding steroid dienone is 18. The summed E-state index contributed by atoms with van der Waals surface area (Å²) in [6, 6.07) is 0. The lowest BCUT2D eigenvalue weighted by molar-refractivity contribution is -0.161. The van der Waals surface area contributed by atoms with Crippen molar-refractivity contribution in [2.45, 2.75) is 200 Å². The van der Waals surface area contributed by atoms with Crippen molar-refractivity contribution in [3.8, 4) is 0 Å². The molecule has 0 heterocycles. The highest BCUT2D eigenvalue weighted by atomic mass is 31.2. The maximum Gasteiger partial charge on any atom is 0.472 e. The Hall–Kier alpha value is -3.86. The number of ether oxygens (including phenoxy) is 3. The van der Waals surface area contributed by atoms with E-state index in [0.29, 0.717) is 25.7 Å². The number of phosphoric ester groups is 1. The van der Waals surface area contributed by atoms with Crippen molar-refractivity contribution in [1.29, 1.82) is 0 Å². The van der Waals surface area contributed by atoms with Gasteiger partial charge in [0, 0.05) is 19.3 Å². The Kier molecular flexibility index (Phi) is 46.7. The van der Waals surface area contributed by atoms with Gasteiger partial charge in [-0.1, -0.05) is 182 Å². The average Bonchev–Trinajstić information content (AvgIpc) is 3.32. The maximum atomic E-state index is 12.8. The van der Waals surface area contributed by atoms with Gasteiger partial charge in [-0.05, 0) is 96.3 Å². The standard InChI is InChI=1S/C56H91O11P/c1-4-7-10-13-16-19-21-23-25-26-28-29-31-34-36-39-42-45-54(58)63-49-53(67-56(60)47-44-41-38-35-32-30-27-24-22-20-17-14-11-8-5-2)51-65-68(61,62)64-50-52(48-57)66-55(59)46-43-40-37-33-18-15-12-9-6-3/h7-8,10-11,16-17,19-20,23-25,27-29,32,34-36,52-53,57H,4-6,9,12-15,18,21-22,26,30-31,33,37-51H2,1-3H3,(H,61,62)/b10-7-,11-8-,19-16-,20-17-,25-23-,27-24-,29-28-,35-32-,36-34-. The highest BCUT2D eigenvalue weighted by molar-refractivity contribution is 7.47. The predicted molar refractivity (Wildman–Crippen MR) is 279 cm³/mol. The number of hydrogen-bond acceptors (Lipinski definition) is 10. The molecule has 68 heavy (non-hydrogen) atoms. The van der Waals surface area contributed by atoms with Gasteiger partial charge in [-0.25, -0.2) is 4.57 Å². The van der Waals surface area contributed by atoms with Gasteiger partial charge in [0.05, 0.1) is 19.8 Å². The first-order valence-corrected chi connectivity index (χ1v) is 27.3. The first-order valence-electron chi connectivity index (χ1n) is 25.8. The maximum absolute atomic E-state index is 12.8. The molecule has 0 saturated carbocycles. The molecule has 0 saturated heterocycles. The van der Waals surface area contributed by atoms with Crippen LogP contribution in [0.5, 0.6) is 0 Å². The monoisotopic (exact) mass is 971 g/mol. The minimum atomic E-state index is -4.77. The summed E-state index contributed by atoms with van der Waals surface area (Å²) in [4.78, 5) is 48.2. The smallest absolute Gasteiger partial charge is 0.462 e. The molecule has 0 radical (unpaired) electrons. The molecule has 0 spiro atoms. The van der Waals surface area contributed by atoms with Crippen molar-refractivity contribution >= 4 is 25.7 Å². The molecule has 0 amide bonds. The molecular weight excluding hydrogens is 880 g/mol. The highest BCUT2D eigenvalue weighted by Crippen LogP contribution is 2.43. The van der Waals surface area contributed by atoms with E-state index in [9.17, 15) is 28.9 Å². The summed E-state index contributed by atoms with van der Waals surface area (Å²) < 4.78 is 39.2. The van der Waals surface area contributed by atoms with Crippen molar-refractivity contribution in [1.82, 2.24) is 0 Å². The SMILES string of the molecule is CC/C=C\C/C=C\C/C=C\C/C=C\C/C=C\CCCC(=O)OCC(COP(=O)(O)OCC(CO)OC(=O)CCCCCCCCCCC)OC(=O)CCCC/C=C\C/C=C\C/C=C\C/C=C\CC. The number of aliphatic hydroxyl groups is 1. The number of hydrogen-bond donors (Lipinski definition) is 2. The van der Waals surface area contributed by atoms with Gasteiger partial charge < -0.3 is 24.2 Å². The Morgan fingerprint density at radius 3 is 1.22 bits per heavy atom. The predicted octanol–water partition coefficient (Wildman–Crippen LogP) is 14.7. The van der Waals surface area contributed by atoms with Crippen LogP contribution in [0, 0.1) is 0 Å². The zero-order valence-electron chi connectivity index (χ0n) is 42.3. The molecule has 11 nitrogen and oxygen atoms in total. The van der Waals surface area contributed by atoms with Gasteiger partial charge in [0.2, 0.25) is 0 Å². The van der Waals surface area contributed by atoms with Crippen LogP contribution < -0.4 is 0 Å². The van der Waals surface area contributed by atoms with Crippen molar-refractivity contribution < 1.29 is 52.2 Å². The van der Waals surface area contributed by atoms with E-state index in [1.54, 1.807) is 0 Å². The summed E-state index contributed by atoms with van der Waals surface area (Å²) in [5.74, 6) is -1.60.